The van der Waals surface area contributed by atoms with E-state index in [2.05, 4.69) is 18.3 Å². The lowest BCUT2D eigenvalue weighted by Crippen LogP contribution is -2.25. The van der Waals surface area contributed by atoms with E-state index >= 15 is 0 Å². The van der Waals surface area contributed by atoms with Gasteiger partial charge in [-0.2, -0.15) is 0 Å². The minimum absolute atomic E-state index is 0.264. The molecule has 0 amide bonds. The van der Waals surface area contributed by atoms with Crippen molar-refractivity contribution < 1.29 is 9.52 Å². The smallest absolute Gasteiger partial charge is 0.134 e. The molecule has 3 nitrogen and oxygen atoms in total. The van der Waals surface area contributed by atoms with Gasteiger partial charge in [0.05, 0.1) is 0 Å². The highest BCUT2D eigenvalue weighted by Gasteiger charge is 2.10. The van der Waals surface area contributed by atoms with E-state index in [1.807, 2.05) is 25.1 Å². The molecule has 1 aromatic carbocycles. The van der Waals surface area contributed by atoms with E-state index in [0.717, 1.165) is 30.7 Å². The monoisotopic (exact) mass is 247 g/mol. The Kier molecular flexibility index (Phi) is 4.39. The second-order valence-electron chi connectivity index (χ2n) is 4.78. The Balaban J connectivity index is 2.05. The molecule has 0 bridgehead atoms. The number of hydrogen-bond acceptors (Lipinski definition) is 3. The van der Waals surface area contributed by atoms with Crippen molar-refractivity contribution in [3.63, 3.8) is 0 Å². The Hall–Kier alpha value is -1.32. The number of aliphatic hydroxyl groups excluding tert-OH is 1. The Morgan fingerprint density at radius 1 is 1.33 bits per heavy atom. The Labute approximate surface area is 108 Å². The number of hydrogen-bond donors (Lipinski definition) is 2. The SMILES string of the molecule is Cc1oc2ccccc2c1CNC(C)CCCO. The van der Waals surface area contributed by atoms with Gasteiger partial charge in [0.25, 0.3) is 0 Å². The zero-order valence-electron chi connectivity index (χ0n) is 11.1. The van der Waals surface area contributed by atoms with E-state index in [9.17, 15) is 0 Å². The van der Waals surface area contributed by atoms with Crippen LogP contribution in [0.4, 0.5) is 0 Å². The molecule has 0 aliphatic heterocycles. The summed E-state index contributed by atoms with van der Waals surface area (Å²) in [6, 6.07) is 8.54. The van der Waals surface area contributed by atoms with Crippen LogP contribution >= 0.6 is 0 Å². The molecule has 3 heteroatoms. The van der Waals surface area contributed by atoms with Gasteiger partial charge in [-0.25, -0.2) is 0 Å². The summed E-state index contributed by atoms with van der Waals surface area (Å²) in [6.45, 7) is 5.23. The van der Waals surface area contributed by atoms with Crippen LogP contribution in [0.3, 0.4) is 0 Å². The molecule has 2 rings (SSSR count). The topological polar surface area (TPSA) is 45.4 Å². The van der Waals surface area contributed by atoms with Gasteiger partial charge in [-0.15, -0.1) is 0 Å². The van der Waals surface area contributed by atoms with Crippen LogP contribution in [-0.2, 0) is 6.54 Å². The molecule has 2 N–H and O–H groups in total. The minimum atomic E-state index is 0.264. The van der Waals surface area contributed by atoms with Gasteiger partial charge in [0.1, 0.15) is 11.3 Å². The number of furan rings is 1. The molecule has 1 heterocycles. The van der Waals surface area contributed by atoms with E-state index in [0.29, 0.717) is 6.04 Å². The fraction of sp³-hybridized carbons (Fsp3) is 0.467. The van der Waals surface area contributed by atoms with E-state index < -0.39 is 0 Å². The third kappa shape index (κ3) is 2.92. The number of aliphatic hydroxyl groups is 1. The summed E-state index contributed by atoms with van der Waals surface area (Å²) in [5.41, 5.74) is 2.19. The molecular weight excluding hydrogens is 226 g/mol. The van der Waals surface area contributed by atoms with Crippen molar-refractivity contribution in [1.29, 1.82) is 0 Å². The van der Waals surface area contributed by atoms with E-state index in [4.69, 9.17) is 9.52 Å². The predicted molar refractivity (Wildman–Crippen MR) is 73.6 cm³/mol. The molecule has 98 valence electrons. The molecule has 0 saturated heterocycles. The van der Waals surface area contributed by atoms with Crippen LogP contribution in [0.15, 0.2) is 28.7 Å². The Morgan fingerprint density at radius 2 is 2.11 bits per heavy atom. The molecule has 1 aromatic heterocycles. The van der Waals surface area contributed by atoms with Gasteiger partial charge in [-0.1, -0.05) is 18.2 Å². The molecular formula is C15H21NO2. The number of aryl methyl sites for hydroxylation is 1. The number of para-hydroxylation sites is 1. The van der Waals surface area contributed by atoms with Gasteiger partial charge >= 0.3 is 0 Å². The second-order valence-corrected chi connectivity index (χ2v) is 4.78. The van der Waals surface area contributed by atoms with Gasteiger partial charge in [0, 0.05) is 30.1 Å². The Morgan fingerprint density at radius 3 is 2.89 bits per heavy atom. The lowest BCUT2D eigenvalue weighted by atomic mass is 10.1. The Bertz CT molecular complexity index is 504. The van der Waals surface area contributed by atoms with Gasteiger partial charge in [-0.05, 0) is 32.8 Å². The molecule has 0 saturated carbocycles. The summed E-state index contributed by atoms with van der Waals surface area (Å²) in [4.78, 5) is 0. The van der Waals surface area contributed by atoms with Crippen molar-refractivity contribution in [3.05, 3.63) is 35.6 Å². The average molecular weight is 247 g/mol. The fourth-order valence-electron chi connectivity index (χ4n) is 2.22. The van der Waals surface area contributed by atoms with Crippen molar-refractivity contribution in [3.8, 4) is 0 Å². The predicted octanol–water partition coefficient (Wildman–Crippen LogP) is 2.99. The van der Waals surface area contributed by atoms with Crippen LogP contribution in [0, 0.1) is 6.92 Å². The molecule has 1 unspecified atom stereocenters. The summed E-state index contributed by atoms with van der Waals surface area (Å²) < 4.78 is 5.73. The zero-order valence-corrected chi connectivity index (χ0v) is 11.1. The first-order chi connectivity index (χ1) is 8.72. The van der Waals surface area contributed by atoms with Gasteiger partial charge in [0.2, 0.25) is 0 Å². The van der Waals surface area contributed by atoms with Crippen molar-refractivity contribution >= 4 is 11.0 Å². The molecule has 18 heavy (non-hydrogen) atoms. The van der Waals surface area contributed by atoms with Crippen LogP contribution in [0.2, 0.25) is 0 Å². The highest BCUT2D eigenvalue weighted by Crippen LogP contribution is 2.25. The second kappa shape index (κ2) is 6.03. The third-order valence-corrected chi connectivity index (χ3v) is 3.32. The fourth-order valence-corrected chi connectivity index (χ4v) is 2.22. The zero-order chi connectivity index (χ0) is 13.0. The summed E-state index contributed by atoms with van der Waals surface area (Å²) in [6.07, 6.45) is 1.84. The van der Waals surface area contributed by atoms with Crippen LogP contribution in [-0.4, -0.2) is 17.8 Å². The molecule has 0 aliphatic carbocycles. The highest BCUT2D eigenvalue weighted by molar-refractivity contribution is 5.82. The van der Waals surface area contributed by atoms with Gasteiger partial charge < -0.3 is 14.8 Å². The maximum absolute atomic E-state index is 8.81. The molecule has 0 aliphatic rings. The van der Waals surface area contributed by atoms with Crippen LogP contribution in [0.25, 0.3) is 11.0 Å². The summed E-state index contributed by atoms with van der Waals surface area (Å²) in [5, 5.41) is 13.5. The average Bonchev–Trinajstić information content (AvgIpc) is 2.69. The van der Waals surface area contributed by atoms with Crippen LogP contribution < -0.4 is 5.32 Å². The van der Waals surface area contributed by atoms with Crippen molar-refractivity contribution in [2.75, 3.05) is 6.61 Å². The van der Waals surface area contributed by atoms with E-state index in [-0.39, 0.29) is 6.61 Å². The van der Waals surface area contributed by atoms with Crippen molar-refractivity contribution in [2.45, 2.75) is 39.3 Å². The quantitative estimate of drug-likeness (QED) is 0.825. The molecule has 0 spiro atoms. The number of rotatable bonds is 6. The first-order valence-corrected chi connectivity index (χ1v) is 6.53. The third-order valence-electron chi connectivity index (χ3n) is 3.32. The lowest BCUT2D eigenvalue weighted by molar-refractivity contribution is 0.276. The molecule has 2 aromatic rings. The van der Waals surface area contributed by atoms with E-state index in [1.165, 1.54) is 10.9 Å². The summed E-state index contributed by atoms with van der Waals surface area (Å²) in [7, 11) is 0. The molecule has 1 atom stereocenters. The van der Waals surface area contributed by atoms with Crippen LogP contribution in [0.1, 0.15) is 31.1 Å². The number of benzene rings is 1. The van der Waals surface area contributed by atoms with Gasteiger partial charge in [0.15, 0.2) is 0 Å². The largest absolute Gasteiger partial charge is 0.461 e. The van der Waals surface area contributed by atoms with Crippen LogP contribution in [0.5, 0.6) is 0 Å². The van der Waals surface area contributed by atoms with Crippen molar-refractivity contribution in [2.24, 2.45) is 0 Å². The van der Waals surface area contributed by atoms with Crippen molar-refractivity contribution in [1.82, 2.24) is 5.32 Å². The number of nitrogens with one attached hydrogen (secondary N) is 1. The first-order valence-electron chi connectivity index (χ1n) is 6.53. The number of fused-ring (bicyclic) bond motifs is 1. The summed E-state index contributed by atoms with van der Waals surface area (Å²) >= 11 is 0. The minimum Gasteiger partial charge on any atom is -0.461 e. The molecule has 0 radical (unpaired) electrons. The molecule has 0 fully saturated rings. The normalized spacial score (nSPS) is 13.1. The maximum atomic E-state index is 8.81. The standard InChI is InChI=1S/C15H21NO2/c1-11(6-5-9-17)16-10-14-12(2)18-15-8-4-3-7-13(14)15/h3-4,7-8,11,16-17H,5-6,9-10H2,1-2H3. The van der Waals surface area contributed by atoms with E-state index in [1.54, 1.807) is 0 Å². The first kappa shape index (κ1) is 13.1. The highest BCUT2D eigenvalue weighted by atomic mass is 16.3. The maximum Gasteiger partial charge on any atom is 0.134 e. The van der Waals surface area contributed by atoms with Gasteiger partial charge in [-0.3, -0.25) is 0 Å². The lowest BCUT2D eigenvalue weighted by Gasteiger charge is -2.12. The summed E-state index contributed by atoms with van der Waals surface area (Å²) in [5.74, 6) is 0.984.